The van der Waals surface area contributed by atoms with Crippen molar-refractivity contribution in [1.82, 2.24) is 20.2 Å². The Hall–Kier alpha value is -2.18. The fourth-order valence-electron chi connectivity index (χ4n) is 2.06. The predicted molar refractivity (Wildman–Crippen MR) is 66.2 cm³/mol. The number of aliphatic carboxylic acids is 1. The summed E-state index contributed by atoms with van der Waals surface area (Å²) in [4.78, 5) is 32.2. The van der Waals surface area contributed by atoms with Crippen molar-refractivity contribution in [2.24, 2.45) is 5.92 Å². The molecule has 19 heavy (non-hydrogen) atoms. The zero-order valence-electron chi connectivity index (χ0n) is 10.5. The molecule has 1 aliphatic heterocycles. The van der Waals surface area contributed by atoms with E-state index in [4.69, 9.17) is 5.11 Å². The van der Waals surface area contributed by atoms with E-state index in [1.807, 2.05) is 0 Å². The van der Waals surface area contributed by atoms with Crippen LogP contribution in [0.3, 0.4) is 0 Å². The van der Waals surface area contributed by atoms with Gasteiger partial charge >= 0.3 is 12.0 Å². The molecule has 1 aromatic heterocycles. The quantitative estimate of drug-likeness (QED) is 0.828. The number of urea groups is 1. The van der Waals surface area contributed by atoms with Gasteiger partial charge in [0.05, 0.1) is 18.2 Å². The van der Waals surface area contributed by atoms with Gasteiger partial charge in [-0.15, -0.1) is 0 Å². The molecule has 2 amide bonds. The number of aromatic nitrogens is 2. The zero-order valence-corrected chi connectivity index (χ0v) is 10.5. The molecule has 2 rings (SSSR count). The van der Waals surface area contributed by atoms with E-state index < -0.39 is 11.9 Å². The van der Waals surface area contributed by atoms with Crippen LogP contribution in [-0.2, 0) is 11.3 Å². The summed E-state index contributed by atoms with van der Waals surface area (Å²) in [6, 6.07) is 1.47. The molecule has 0 aliphatic carbocycles. The van der Waals surface area contributed by atoms with E-state index in [2.05, 4.69) is 15.3 Å². The zero-order chi connectivity index (χ0) is 13.7. The lowest BCUT2D eigenvalue weighted by molar-refractivity contribution is -0.143. The molecule has 0 bridgehead atoms. The van der Waals surface area contributed by atoms with E-state index in [9.17, 15) is 9.59 Å². The van der Waals surface area contributed by atoms with E-state index in [1.54, 1.807) is 17.2 Å². The first-order chi connectivity index (χ1) is 9.16. The number of nitrogens with zero attached hydrogens (tertiary/aromatic N) is 3. The number of nitrogens with one attached hydrogen (secondary N) is 1. The Balaban J connectivity index is 1.84. The Kier molecular flexibility index (Phi) is 4.27. The van der Waals surface area contributed by atoms with Crippen LogP contribution in [0, 0.1) is 5.92 Å². The molecule has 1 aliphatic rings. The van der Waals surface area contributed by atoms with Crippen molar-refractivity contribution in [2.45, 2.75) is 19.4 Å². The maximum atomic E-state index is 11.9. The third-order valence-corrected chi connectivity index (χ3v) is 3.12. The molecule has 2 N–H and O–H groups in total. The summed E-state index contributed by atoms with van der Waals surface area (Å²) in [6.07, 6.45) is 4.38. The molecular formula is C12H16N4O3. The second-order valence-electron chi connectivity index (χ2n) is 4.48. The van der Waals surface area contributed by atoms with Crippen LogP contribution in [0.2, 0.25) is 0 Å². The van der Waals surface area contributed by atoms with E-state index >= 15 is 0 Å². The first-order valence-electron chi connectivity index (χ1n) is 6.17. The third-order valence-electron chi connectivity index (χ3n) is 3.12. The molecule has 1 atom stereocenters. The van der Waals surface area contributed by atoms with Crippen molar-refractivity contribution >= 4 is 12.0 Å². The van der Waals surface area contributed by atoms with E-state index in [1.165, 1.54) is 6.33 Å². The van der Waals surface area contributed by atoms with Crippen LogP contribution in [0.1, 0.15) is 18.5 Å². The van der Waals surface area contributed by atoms with Gasteiger partial charge in [-0.1, -0.05) is 0 Å². The standard InChI is InChI=1S/C12H16N4O3/c17-11(18)9-2-1-5-16(7-9)12(19)14-6-10-3-4-13-8-15-10/h3-4,8-9H,1-2,5-7H2,(H,14,19)(H,17,18). The normalized spacial score (nSPS) is 18.9. The SMILES string of the molecule is O=C(O)C1CCCN(C(=O)NCc2ccncn2)C1. The number of rotatable bonds is 3. The minimum atomic E-state index is -0.840. The number of carbonyl (C=O) groups is 2. The van der Waals surface area contributed by atoms with E-state index in [0.29, 0.717) is 19.5 Å². The van der Waals surface area contributed by atoms with Gasteiger partial charge in [0.2, 0.25) is 0 Å². The van der Waals surface area contributed by atoms with Gasteiger partial charge in [0.15, 0.2) is 0 Å². The van der Waals surface area contributed by atoms with Gasteiger partial charge in [-0.2, -0.15) is 0 Å². The highest BCUT2D eigenvalue weighted by molar-refractivity contribution is 5.76. The maximum absolute atomic E-state index is 11.9. The molecule has 7 heteroatoms. The highest BCUT2D eigenvalue weighted by Crippen LogP contribution is 2.16. The average Bonchev–Trinajstić information content (AvgIpc) is 2.46. The molecular weight excluding hydrogens is 248 g/mol. The van der Waals surface area contributed by atoms with Gasteiger partial charge in [0, 0.05) is 19.3 Å². The molecule has 7 nitrogen and oxygen atoms in total. The Morgan fingerprint density at radius 2 is 2.37 bits per heavy atom. The average molecular weight is 264 g/mol. The first-order valence-corrected chi connectivity index (χ1v) is 6.17. The lowest BCUT2D eigenvalue weighted by Gasteiger charge is -2.30. The lowest BCUT2D eigenvalue weighted by Crippen LogP contribution is -2.46. The van der Waals surface area contributed by atoms with Gasteiger partial charge < -0.3 is 15.3 Å². The molecule has 0 saturated carbocycles. The van der Waals surface area contributed by atoms with Crippen LogP contribution in [0.25, 0.3) is 0 Å². The smallest absolute Gasteiger partial charge is 0.317 e. The molecule has 1 aromatic rings. The molecule has 2 heterocycles. The summed E-state index contributed by atoms with van der Waals surface area (Å²) in [5.41, 5.74) is 0.718. The number of carbonyl (C=O) groups excluding carboxylic acids is 1. The fraction of sp³-hybridized carbons (Fsp3) is 0.500. The van der Waals surface area contributed by atoms with Crippen LogP contribution >= 0.6 is 0 Å². The van der Waals surface area contributed by atoms with Gasteiger partial charge in [-0.25, -0.2) is 14.8 Å². The molecule has 0 radical (unpaired) electrons. The second-order valence-corrected chi connectivity index (χ2v) is 4.48. The number of carboxylic acids is 1. The number of piperidine rings is 1. The number of hydrogen-bond donors (Lipinski definition) is 2. The van der Waals surface area contributed by atoms with Gasteiger partial charge in [0.25, 0.3) is 0 Å². The van der Waals surface area contributed by atoms with Gasteiger partial charge in [-0.3, -0.25) is 4.79 Å². The summed E-state index contributed by atoms with van der Waals surface area (Å²) in [5.74, 6) is -1.30. The minimum absolute atomic E-state index is 0.246. The minimum Gasteiger partial charge on any atom is -0.481 e. The first kappa shape index (κ1) is 13.3. The van der Waals surface area contributed by atoms with Crippen molar-refractivity contribution in [3.63, 3.8) is 0 Å². The lowest BCUT2D eigenvalue weighted by atomic mass is 9.99. The van der Waals surface area contributed by atoms with Crippen molar-refractivity contribution < 1.29 is 14.7 Å². The van der Waals surface area contributed by atoms with Crippen molar-refractivity contribution in [1.29, 1.82) is 0 Å². The molecule has 1 saturated heterocycles. The molecule has 1 unspecified atom stereocenters. The summed E-state index contributed by atoms with van der Waals surface area (Å²) in [6.45, 7) is 1.18. The monoisotopic (exact) mass is 264 g/mol. The number of likely N-dealkylation sites (tertiary alicyclic amines) is 1. The maximum Gasteiger partial charge on any atom is 0.317 e. The number of carboxylic acid groups (broad SMARTS) is 1. The molecule has 102 valence electrons. The van der Waals surface area contributed by atoms with Crippen LogP contribution in [0.4, 0.5) is 4.79 Å². The Morgan fingerprint density at radius 3 is 3.05 bits per heavy atom. The molecule has 0 aromatic carbocycles. The van der Waals surface area contributed by atoms with Gasteiger partial charge in [-0.05, 0) is 18.9 Å². The Morgan fingerprint density at radius 1 is 1.53 bits per heavy atom. The van der Waals surface area contributed by atoms with Crippen LogP contribution in [-0.4, -0.2) is 45.1 Å². The van der Waals surface area contributed by atoms with E-state index in [0.717, 1.165) is 12.1 Å². The van der Waals surface area contributed by atoms with Crippen LogP contribution in [0.15, 0.2) is 18.6 Å². The summed E-state index contributed by atoms with van der Waals surface area (Å²) in [7, 11) is 0. The predicted octanol–water partition coefficient (Wildman–Crippen LogP) is 0.483. The molecule has 0 spiro atoms. The summed E-state index contributed by atoms with van der Waals surface area (Å²) in [5, 5.41) is 11.7. The number of amides is 2. The summed E-state index contributed by atoms with van der Waals surface area (Å²) < 4.78 is 0. The molecule has 1 fully saturated rings. The highest BCUT2D eigenvalue weighted by Gasteiger charge is 2.27. The van der Waals surface area contributed by atoms with Crippen LogP contribution < -0.4 is 5.32 Å². The second kappa shape index (κ2) is 6.12. The largest absolute Gasteiger partial charge is 0.481 e. The fourth-order valence-corrected chi connectivity index (χ4v) is 2.06. The number of hydrogen-bond acceptors (Lipinski definition) is 4. The van der Waals surface area contributed by atoms with Crippen molar-refractivity contribution in [3.05, 3.63) is 24.3 Å². The highest BCUT2D eigenvalue weighted by atomic mass is 16.4. The topological polar surface area (TPSA) is 95.4 Å². The Labute approximate surface area is 110 Å². The summed E-state index contributed by atoms with van der Waals surface area (Å²) >= 11 is 0. The van der Waals surface area contributed by atoms with Crippen molar-refractivity contribution in [3.8, 4) is 0 Å². The third kappa shape index (κ3) is 3.64. The van der Waals surface area contributed by atoms with E-state index in [-0.39, 0.29) is 12.6 Å². The van der Waals surface area contributed by atoms with Crippen LogP contribution in [0.5, 0.6) is 0 Å². The Bertz CT molecular complexity index is 452. The van der Waals surface area contributed by atoms with Gasteiger partial charge in [0.1, 0.15) is 6.33 Å². The van der Waals surface area contributed by atoms with Crippen molar-refractivity contribution in [2.75, 3.05) is 13.1 Å².